The summed E-state index contributed by atoms with van der Waals surface area (Å²) in [6, 6.07) is 8.31. The molecular formula is C24H37FO3Si. The molecule has 1 aliphatic carbocycles. The monoisotopic (exact) mass is 420 g/mol. The van der Waals surface area contributed by atoms with Crippen LogP contribution < -0.4 is 4.74 Å². The summed E-state index contributed by atoms with van der Waals surface area (Å²) in [5.41, 5.74) is 0.994. The maximum atomic E-state index is 13.0. The maximum absolute atomic E-state index is 13.0. The van der Waals surface area contributed by atoms with E-state index in [1.165, 1.54) is 87.7 Å². The highest BCUT2D eigenvalue weighted by atomic mass is 28.3. The molecule has 0 unspecified atom stereocenters. The second-order valence-electron chi connectivity index (χ2n) is 9.11. The Morgan fingerprint density at radius 3 is 2.34 bits per heavy atom. The summed E-state index contributed by atoms with van der Waals surface area (Å²) < 4.78 is 23.6. The van der Waals surface area contributed by atoms with Gasteiger partial charge in [0, 0.05) is 22.5 Å². The van der Waals surface area contributed by atoms with Gasteiger partial charge in [0.2, 0.25) is 0 Å². The van der Waals surface area contributed by atoms with Crippen molar-refractivity contribution in [1.82, 2.24) is 0 Å². The van der Waals surface area contributed by atoms with E-state index in [1.54, 1.807) is 7.11 Å². The fourth-order valence-electron chi connectivity index (χ4n) is 5.33. The third-order valence-corrected chi connectivity index (χ3v) is 11.3. The zero-order chi connectivity index (χ0) is 20.5. The molecule has 1 aromatic rings. The predicted octanol–water partition coefficient (Wildman–Crippen LogP) is 6.14. The highest BCUT2D eigenvalue weighted by Crippen LogP contribution is 2.42. The average Bonchev–Trinajstić information content (AvgIpc) is 2.76. The molecular weight excluding hydrogens is 383 g/mol. The normalized spacial score (nSPS) is 27.5. The van der Waals surface area contributed by atoms with Crippen LogP contribution in [0.4, 0.5) is 4.39 Å². The third kappa shape index (κ3) is 7.21. The standard InChI is InChI=1S/C24H37FO3Si/c1-27-16-4-2-3-5-19-6-12-23(13-7-19)29-17-14-20(15-18-29)24(26)28-22-10-8-21(25)9-11-22/h8-11,19-20,23,29H,2-7,12-18H2,1H3. The Hall–Kier alpha value is -1.20. The lowest BCUT2D eigenvalue weighted by Gasteiger charge is -2.36. The van der Waals surface area contributed by atoms with Crippen LogP contribution in [0.25, 0.3) is 0 Å². The van der Waals surface area contributed by atoms with E-state index in [1.807, 2.05) is 0 Å². The molecule has 2 aliphatic rings. The topological polar surface area (TPSA) is 35.5 Å². The molecule has 3 rings (SSSR count). The van der Waals surface area contributed by atoms with Crippen molar-refractivity contribution < 1.29 is 18.7 Å². The summed E-state index contributed by atoms with van der Waals surface area (Å²) >= 11 is 0. The van der Waals surface area contributed by atoms with Gasteiger partial charge >= 0.3 is 5.97 Å². The molecule has 29 heavy (non-hydrogen) atoms. The number of rotatable bonds is 9. The predicted molar refractivity (Wildman–Crippen MR) is 118 cm³/mol. The lowest BCUT2D eigenvalue weighted by Crippen LogP contribution is -2.33. The molecule has 1 aromatic carbocycles. The Bertz CT molecular complexity index is 605. The Labute approximate surface area is 177 Å². The number of unbranched alkanes of at least 4 members (excludes halogenated alkanes) is 2. The zero-order valence-electron chi connectivity index (χ0n) is 17.9. The van der Waals surface area contributed by atoms with Crippen molar-refractivity contribution in [2.24, 2.45) is 11.8 Å². The molecule has 0 bridgehead atoms. The quantitative estimate of drug-likeness (QED) is 0.208. The van der Waals surface area contributed by atoms with Gasteiger partial charge in [-0.3, -0.25) is 4.79 Å². The van der Waals surface area contributed by atoms with Crippen LogP contribution in [0.5, 0.6) is 5.75 Å². The van der Waals surface area contributed by atoms with Gasteiger partial charge in [-0.25, -0.2) is 4.39 Å². The number of ether oxygens (including phenoxy) is 2. The summed E-state index contributed by atoms with van der Waals surface area (Å²) in [5, 5.41) is 0. The van der Waals surface area contributed by atoms with Gasteiger partial charge in [0.05, 0.1) is 5.92 Å². The van der Waals surface area contributed by atoms with Crippen molar-refractivity contribution >= 4 is 14.8 Å². The molecule has 0 spiro atoms. The van der Waals surface area contributed by atoms with Gasteiger partial charge in [0.25, 0.3) is 0 Å². The molecule has 5 heteroatoms. The van der Waals surface area contributed by atoms with Gasteiger partial charge in [0.1, 0.15) is 11.6 Å². The Kier molecular flexibility index (Phi) is 9.18. The first-order valence-electron chi connectivity index (χ1n) is 11.6. The summed E-state index contributed by atoms with van der Waals surface area (Å²) in [6.07, 6.45) is 13.0. The van der Waals surface area contributed by atoms with E-state index >= 15 is 0 Å². The SMILES string of the molecule is COCCCCCC1CCC([SiH]2CCC(C(=O)Oc3ccc(F)cc3)CC2)CC1. The van der Waals surface area contributed by atoms with Crippen molar-refractivity contribution in [3.05, 3.63) is 30.1 Å². The van der Waals surface area contributed by atoms with Crippen LogP contribution in [0.3, 0.4) is 0 Å². The molecule has 1 saturated heterocycles. The fraction of sp³-hybridized carbons (Fsp3) is 0.708. The number of halogens is 1. The summed E-state index contributed by atoms with van der Waals surface area (Å²) in [6.45, 7) is 0.901. The minimum absolute atomic E-state index is 0.0345. The number of benzene rings is 1. The smallest absolute Gasteiger partial charge is 0.314 e. The van der Waals surface area contributed by atoms with E-state index < -0.39 is 8.80 Å². The Morgan fingerprint density at radius 1 is 1.00 bits per heavy atom. The van der Waals surface area contributed by atoms with Gasteiger partial charge in [-0.2, -0.15) is 0 Å². The van der Waals surface area contributed by atoms with E-state index in [2.05, 4.69) is 0 Å². The van der Waals surface area contributed by atoms with Gasteiger partial charge in [-0.1, -0.05) is 57.0 Å². The van der Waals surface area contributed by atoms with Crippen LogP contribution in [0, 0.1) is 17.7 Å². The summed E-state index contributed by atoms with van der Waals surface area (Å²) in [7, 11) is 1.06. The minimum Gasteiger partial charge on any atom is -0.426 e. The van der Waals surface area contributed by atoms with Crippen molar-refractivity contribution in [2.75, 3.05) is 13.7 Å². The van der Waals surface area contributed by atoms with Crippen molar-refractivity contribution in [2.45, 2.75) is 81.8 Å². The van der Waals surface area contributed by atoms with Crippen molar-refractivity contribution in [3.8, 4) is 5.75 Å². The van der Waals surface area contributed by atoms with Crippen LogP contribution in [-0.4, -0.2) is 28.5 Å². The molecule has 3 nitrogen and oxygen atoms in total. The molecule has 0 N–H and O–H groups in total. The number of methoxy groups -OCH3 is 1. The molecule has 1 heterocycles. The molecule has 2 fully saturated rings. The lowest BCUT2D eigenvalue weighted by atomic mass is 9.85. The number of esters is 1. The first-order chi connectivity index (χ1) is 14.2. The van der Waals surface area contributed by atoms with Gasteiger partial charge in [-0.15, -0.1) is 0 Å². The summed E-state index contributed by atoms with van der Waals surface area (Å²) in [4.78, 5) is 12.4. The second kappa shape index (κ2) is 11.8. The van der Waals surface area contributed by atoms with E-state index in [4.69, 9.17) is 9.47 Å². The average molecular weight is 421 g/mol. The van der Waals surface area contributed by atoms with Gasteiger partial charge < -0.3 is 9.47 Å². The summed E-state index contributed by atoms with van der Waals surface area (Å²) in [5.74, 6) is 1.01. The lowest BCUT2D eigenvalue weighted by molar-refractivity contribution is -0.139. The first-order valence-corrected chi connectivity index (χ1v) is 13.9. The van der Waals surface area contributed by atoms with E-state index in [0.29, 0.717) is 5.75 Å². The highest BCUT2D eigenvalue weighted by molar-refractivity contribution is 6.60. The van der Waals surface area contributed by atoms with Crippen molar-refractivity contribution in [3.63, 3.8) is 0 Å². The molecule has 0 amide bonds. The van der Waals surface area contributed by atoms with Crippen LogP contribution in [0.15, 0.2) is 24.3 Å². The van der Waals surface area contributed by atoms with E-state index in [0.717, 1.165) is 30.9 Å². The van der Waals surface area contributed by atoms with E-state index in [-0.39, 0.29) is 17.7 Å². The largest absolute Gasteiger partial charge is 0.426 e. The molecule has 1 aliphatic heterocycles. The molecule has 0 radical (unpaired) electrons. The van der Waals surface area contributed by atoms with Gasteiger partial charge in [0.15, 0.2) is 0 Å². The molecule has 1 saturated carbocycles. The van der Waals surface area contributed by atoms with Crippen LogP contribution in [0.2, 0.25) is 17.6 Å². The fourth-order valence-corrected chi connectivity index (χ4v) is 9.55. The molecule has 0 atom stereocenters. The molecule has 162 valence electrons. The Morgan fingerprint density at radius 2 is 1.69 bits per heavy atom. The van der Waals surface area contributed by atoms with Crippen LogP contribution in [0.1, 0.15) is 64.2 Å². The second-order valence-corrected chi connectivity index (χ2v) is 12.7. The van der Waals surface area contributed by atoms with Crippen molar-refractivity contribution in [1.29, 1.82) is 0 Å². The first kappa shape index (κ1) is 22.5. The highest BCUT2D eigenvalue weighted by Gasteiger charge is 2.34. The number of hydrogen-bond donors (Lipinski definition) is 0. The third-order valence-electron chi connectivity index (χ3n) is 7.16. The Balaban J connectivity index is 1.32. The number of hydrogen-bond acceptors (Lipinski definition) is 3. The van der Waals surface area contributed by atoms with Crippen LogP contribution >= 0.6 is 0 Å². The zero-order valence-corrected chi connectivity index (χ0v) is 19.1. The van der Waals surface area contributed by atoms with Gasteiger partial charge in [-0.05, 0) is 55.0 Å². The van der Waals surface area contributed by atoms with E-state index in [9.17, 15) is 9.18 Å². The maximum Gasteiger partial charge on any atom is 0.314 e. The number of carbonyl (C=O) groups is 1. The minimum atomic E-state index is -0.723. The molecule has 0 aromatic heterocycles. The number of carbonyl (C=O) groups excluding carboxylic acids is 1. The van der Waals surface area contributed by atoms with Crippen LogP contribution in [-0.2, 0) is 9.53 Å².